The van der Waals surface area contributed by atoms with Gasteiger partial charge in [0.2, 0.25) is 0 Å². The summed E-state index contributed by atoms with van der Waals surface area (Å²) in [6, 6.07) is 17.4. The largest absolute Gasteiger partial charge is 0.489 e. The van der Waals surface area contributed by atoms with E-state index in [0.717, 1.165) is 16.3 Å². The zero-order valence-electron chi connectivity index (χ0n) is 10.3. The summed E-state index contributed by atoms with van der Waals surface area (Å²) in [5.41, 5.74) is 1.08. The molecule has 0 spiro atoms. The lowest BCUT2D eigenvalue weighted by atomic mass is 10.2. The third-order valence-corrected chi connectivity index (χ3v) is 2.27. The number of aliphatic hydroxyl groups excluding tert-OH is 1. The molecule has 0 amide bonds. The number of ether oxygens (including phenoxy) is 1. The van der Waals surface area contributed by atoms with Gasteiger partial charge in [-0.05, 0) is 36.8 Å². The standard InChI is InChI=1S/C13H11ClO.C2H6O/c14-12-6-4-5-11(9-12)10-15-13-7-2-1-3-8-13;1-2-3/h1-9H,10H2;3H,2H2,1H3. The van der Waals surface area contributed by atoms with E-state index in [0.29, 0.717) is 6.61 Å². The number of hydrogen-bond acceptors (Lipinski definition) is 2. The second-order valence-electron chi connectivity index (χ2n) is 3.55. The third kappa shape index (κ3) is 5.71. The van der Waals surface area contributed by atoms with Crippen molar-refractivity contribution in [3.63, 3.8) is 0 Å². The van der Waals surface area contributed by atoms with Crippen LogP contribution in [0.2, 0.25) is 5.02 Å². The molecular weight excluding hydrogens is 248 g/mol. The minimum absolute atomic E-state index is 0.250. The average molecular weight is 265 g/mol. The van der Waals surface area contributed by atoms with Crippen LogP contribution in [0.4, 0.5) is 0 Å². The monoisotopic (exact) mass is 264 g/mol. The van der Waals surface area contributed by atoms with Crippen LogP contribution >= 0.6 is 11.6 Å². The Labute approximate surface area is 113 Å². The predicted octanol–water partition coefficient (Wildman–Crippen LogP) is 3.92. The van der Waals surface area contributed by atoms with E-state index in [1.165, 1.54) is 0 Å². The SMILES string of the molecule is CCO.Clc1cccc(COc2ccccc2)c1. The van der Waals surface area contributed by atoms with Crippen LogP contribution in [0.3, 0.4) is 0 Å². The summed E-state index contributed by atoms with van der Waals surface area (Å²) in [4.78, 5) is 0. The lowest BCUT2D eigenvalue weighted by Gasteiger charge is -2.05. The topological polar surface area (TPSA) is 29.5 Å². The molecule has 0 aromatic heterocycles. The van der Waals surface area contributed by atoms with Crippen LogP contribution in [-0.4, -0.2) is 11.7 Å². The molecule has 96 valence electrons. The molecule has 0 unspecified atom stereocenters. The van der Waals surface area contributed by atoms with E-state index in [4.69, 9.17) is 21.4 Å². The van der Waals surface area contributed by atoms with Crippen LogP contribution in [0.25, 0.3) is 0 Å². The maximum atomic E-state index is 7.57. The Kier molecular flexibility index (Phi) is 6.92. The van der Waals surface area contributed by atoms with Crippen LogP contribution in [0.15, 0.2) is 54.6 Å². The number of benzene rings is 2. The first-order valence-electron chi connectivity index (χ1n) is 5.79. The summed E-state index contributed by atoms with van der Waals surface area (Å²) in [6.07, 6.45) is 0. The molecule has 2 rings (SSSR count). The fourth-order valence-corrected chi connectivity index (χ4v) is 1.52. The van der Waals surface area contributed by atoms with E-state index < -0.39 is 0 Å². The molecule has 0 atom stereocenters. The Bertz CT molecular complexity index is 443. The van der Waals surface area contributed by atoms with Crippen molar-refractivity contribution in [3.05, 3.63) is 65.2 Å². The van der Waals surface area contributed by atoms with Gasteiger partial charge in [0.25, 0.3) is 0 Å². The molecule has 0 aliphatic carbocycles. The molecule has 0 heterocycles. The van der Waals surface area contributed by atoms with Gasteiger partial charge in [-0.1, -0.05) is 41.9 Å². The van der Waals surface area contributed by atoms with Gasteiger partial charge in [-0.3, -0.25) is 0 Å². The molecule has 0 fully saturated rings. The average Bonchev–Trinajstić information content (AvgIpc) is 2.39. The number of hydrogen-bond donors (Lipinski definition) is 1. The molecule has 2 aromatic carbocycles. The fraction of sp³-hybridized carbons (Fsp3) is 0.200. The molecule has 0 radical (unpaired) electrons. The zero-order chi connectivity index (χ0) is 13.2. The zero-order valence-corrected chi connectivity index (χ0v) is 11.1. The van der Waals surface area contributed by atoms with Crippen LogP contribution in [-0.2, 0) is 6.61 Å². The number of aliphatic hydroxyl groups is 1. The maximum absolute atomic E-state index is 7.57. The van der Waals surface area contributed by atoms with E-state index in [1.54, 1.807) is 6.92 Å². The Balaban J connectivity index is 0.000000492. The van der Waals surface area contributed by atoms with Crippen LogP contribution in [0, 0.1) is 0 Å². The van der Waals surface area contributed by atoms with E-state index in [1.807, 2.05) is 54.6 Å². The third-order valence-electron chi connectivity index (χ3n) is 2.04. The summed E-state index contributed by atoms with van der Waals surface area (Å²) >= 11 is 5.87. The molecule has 2 nitrogen and oxygen atoms in total. The van der Waals surface area contributed by atoms with Crippen molar-refractivity contribution in [2.75, 3.05) is 6.61 Å². The Morgan fingerprint density at radius 2 is 1.72 bits per heavy atom. The van der Waals surface area contributed by atoms with Gasteiger partial charge in [-0.15, -0.1) is 0 Å². The predicted molar refractivity (Wildman–Crippen MR) is 75.0 cm³/mol. The highest BCUT2D eigenvalue weighted by Crippen LogP contribution is 2.14. The van der Waals surface area contributed by atoms with Gasteiger partial charge in [0, 0.05) is 11.6 Å². The summed E-state index contributed by atoms with van der Waals surface area (Å²) in [5, 5.41) is 8.31. The lowest BCUT2D eigenvalue weighted by Crippen LogP contribution is -1.94. The van der Waals surface area contributed by atoms with Gasteiger partial charge in [0.05, 0.1) is 0 Å². The highest BCUT2D eigenvalue weighted by Gasteiger charge is 1.95. The highest BCUT2D eigenvalue weighted by atomic mass is 35.5. The molecule has 2 aromatic rings. The van der Waals surface area contributed by atoms with E-state index in [-0.39, 0.29) is 6.61 Å². The second-order valence-corrected chi connectivity index (χ2v) is 3.98. The van der Waals surface area contributed by atoms with Crippen molar-refractivity contribution < 1.29 is 9.84 Å². The molecule has 0 saturated carbocycles. The smallest absolute Gasteiger partial charge is 0.119 e. The molecule has 18 heavy (non-hydrogen) atoms. The van der Waals surface area contributed by atoms with Crippen molar-refractivity contribution in [2.45, 2.75) is 13.5 Å². The second kappa shape index (κ2) is 8.56. The van der Waals surface area contributed by atoms with Gasteiger partial charge in [-0.25, -0.2) is 0 Å². The maximum Gasteiger partial charge on any atom is 0.119 e. The van der Waals surface area contributed by atoms with Crippen LogP contribution < -0.4 is 4.74 Å². The Hall–Kier alpha value is -1.51. The van der Waals surface area contributed by atoms with Gasteiger partial charge in [0.1, 0.15) is 12.4 Å². The lowest BCUT2D eigenvalue weighted by molar-refractivity contribution is 0.306. The first-order valence-corrected chi connectivity index (χ1v) is 6.17. The first-order chi connectivity index (χ1) is 8.76. The summed E-state index contributed by atoms with van der Waals surface area (Å²) < 4.78 is 5.59. The van der Waals surface area contributed by atoms with Crippen molar-refractivity contribution in [2.24, 2.45) is 0 Å². The summed E-state index contributed by atoms with van der Waals surface area (Å²) in [6.45, 7) is 2.48. The highest BCUT2D eigenvalue weighted by molar-refractivity contribution is 6.30. The molecule has 0 bridgehead atoms. The van der Waals surface area contributed by atoms with E-state index in [2.05, 4.69) is 0 Å². The van der Waals surface area contributed by atoms with Crippen LogP contribution in [0.5, 0.6) is 5.75 Å². The Morgan fingerprint density at radius 3 is 2.33 bits per heavy atom. The molecule has 0 aliphatic rings. The quantitative estimate of drug-likeness (QED) is 0.911. The summed E-state index contributed by atoms with van der Waals surface area (Å²) in [5.74, 6) is 0.873. The number of halogens is 1. The van der Waals surface area contributed by atoms with Crippen molar-refractivity contribution >= 4 is 11.6 Å². The molecule has 0 saturated heterocycles. The molecule has 1 N–H and O–H groups in total. The molecular formula is C15H17ClO2. The normalized spacial score (nSPS) is 9.28. The fourth-order valence-electron chi connectivity index (χ4n) is 1.31. The van der Waals surface area contributed by atoms with Crippen molar-refractivity contribution in [1.82, 2.24) is 0 Å². The Morgan fingerprint density at radius 1 is 1.06 bits per heavy atom. The van der Waals surface area contributed by atoms with Crippen molar-refractivity contribution in [1.29, 1.82) is 0 Å². The molecule has 3 heteroatoms. The first kappa shape index (κ1) is 14.6. The van der Waals surface area contributed by atoms with Crippen LogP contribution in [0.1, 0.15) is 12.5 Å². The molecule has 0 aliphatic heterocycles. The van der Waals surface area contributed by atoms with E-state index in [9.17, 15) is 0 Å². The number of rotatable bonds is 3. The van der Waals surface area contributed by atoms with Gasteiger partial charge in [0.15, 0.2) is 0 Å². The van der Waals surface area contributed by atoms with E-state index >= 15 is 0 Å². The minimum Gasteiger partial charge on any atom is -0.489 e. The minimum atomic E-state index is 0.250. The van der Waals surface area contributed by atoms with Crippen molar-refractivity contribution in [3.8, 4) is 5.75 Å². The number of para-hydroxylation sites is 1. The van der Waals surface area contributed by atoms with Gasteiger partial charge in [-0.2, -0.15) is 0 Å². The summed E-state index contributed by atoms with van der Waals surface area (Å²) in [7, 11) is 0. The van der Waals surface area contributed by atoms with Gasteiger partial charge >= 0.3 is 0 Å². The van der Waals surface area contributed by atoms with Gasteiger partial charge < -0.3 is 9.84 Å².